The van der Waals surface area contributed by atoms with Crippen molar-refractivity contribution in [1.82, 2.24) is 5.32 Å². The summed E-state index contributed by atoms with van der Waals surface area (Å²) in [5.41, 5.74) is 4.44. The van der Waals surface area contributed by atoms with E-state index in [0.717, 1.165) is 16.9 Å². The lowest BCUT2D eigenvalue weighted by Crippen LogP contribution is -2.29. The van der Waals surface area contributed by atoms with Crippen LogP contribution in [0.25, 0.3) is 0 Å². The molecule has 1 atom stereocenters. The van der Waals surface area contributed by atoms with E-state index < -0.39 is 0 Å². The number of benzene rings is 2. The van der Waals surface area contributed by atoms with E-state index in [4.69, 9.17) is 0 Å². The van der Waals surface area contributed by atoms with Gasteiger partial charge in [-0.2, -0.15) is 0 Å². The van der Waals surface area contributed by atoms with Gasteiger partial charge in [0.05, 0.1) is 11.6 Å². The van der Waals surface area contributed by atoms with Crippen LogP contribution in [0.4, 0.5) is 0 Å². The van der Waals surface area contributed by atoms with E-state index in [9.17, 15) is 4.79 Å². The fourth-order valence-corrected chi connectivity index (χ4v) is 3.82. The highest BCUT2D eigenvalue weighted by Crippen LogP contribution is 2.28. The molecule has 0 radical (unpaired) electrons. The Kier molecular flexibility index (Phi) is 6.50. The normalized spacial score (nSPS) is 12.2. The molecule has 0 aliphatic rings. The first-order valence-electron chi connectivity index (χ1n) is 8.56. The van der Waals surface area contributed by atoms with Gasteiger partial charge in [0.15, 0.2) is 0 Å². The van der Waals surface area contributed by atoms with Gasteiger partial charge < -0.3 is 5.32 Å². The third-order valence-corrected chi connectivity index (χ3v) is 5.09. The van der Waals surface area contributed by atoms with Crippen molar-refractivity contribution in [3.63, 3.8) is 0 Å². The molecule has 2 aromatic rings. The molecule has 0 aliphatic carbocycles. The molecule has 0 aliphatic heterocycles. The van der Waals surface area contributed by atoms with Crippen molar-refractivity contribution in [3.05, 3.63) is 64.7 Å². The Morgan fingerprint density at radius 2 is 1.83 bits per heavy atom. The van der Waals surface area contributed by atoms with Crippen molar-refractivity contribution < 1.29 is 4.79 Å². The molecule has 1 amide bonds. The summed E-state index contributed by atoms with van der Waals surface area (Å²) in [5.74, 6) is 0.00516. The maximum absolute atomic E-state index is 12.8. The van der Waals surface area contributed by atoms with Crippen molar-refractivity contribution >= 4 is 17.7 Å². The fourth-order valence-electron chi connectivity index (χ4n) is 2.86. The number of nitrogens with one attached hydrogen (secondary N) is 1. The Hall–Kier alpha value is -1.74. The van der Waals surface area contributed by atoms with Gasteiger partial charge >= 0.3 is 0 Å². The zero-order valence-electron chi connectivity index (χ0n) is 15.2. The maximum Gasteiger partial charge on any atom is 0.252 e. The average Bonchev–Trinajstić information content (AvgIpc) is 2.53. The molecule has 3 heteroatoms. The van der Waals surface area contributed by atoms with Gasteiger partial charge in [-0.05, 0) is 43.5 Å². The van der Waals surface area contributed by atoms with Gasteiger partial charge in [0, 0.05) is 10.1 Å². The lowest BCUT2D eigenvalue weighted by molar-refractivity contribution is 0.0932. The van der Waals surface area contributed by atoms with Crippen molar-refractivity contribution in [2.24, 2.45) is 0 Å². The summed E-state index contributed by atoms with van der Waals surface area (Å²) >= 11 is 1.73. The summed E-state index contributed by atoms with van der Waals surface area (Å²) in [6.45, 7) is 10.6. The first-order valence-corrected chi connectivity index (χ1v) is 9.44. The molecule has 1 N–H and O–H groups in total. The summed E-state index contributed by atoms with van der Waals surface area (Å²) in [5, 5.41) is 3.67. The maximum atomic E-state index is 12.8. The molecule has 24 heavy (non-hydrogen) atoms. The third-order valence-electron chi connectivity index (χ3n) is 4.01. The van der Waals surface area contributed by atoms with Crippen LogP contribution < -0.4 is 5.32 Å². The third kappa shape index (κ3) is 4.64. The topological polar surface area (TPSA) is 29.1 Å². The molecule has 0 saturated heterocycles. The van der Waals surface area contributed by atoms with Gasteiger partial charge in [-0.15, -0.1) is 11.8 Å². The number of rotatable bonds is 6. The molecular weight excluding hydrogens is 314 g/mol. The minimum absolute atomic E-state index is 0.00516. The predicted molar refractivity (Wildman–Crippen MR) is 104 cm³/mol. The van der Waals surface area contributed by atoms with Crippen LogP contribution in [0.2, 0.25) is 0 Å². The van der Waals surface area contributed by atoms with Crippen LogP contribution >= 0.6 is 11.8 Å². The molecule has 0 spiro atoms. The van der Waals surface area contributed by atoms with Crippen LogP contribution in [0, 0.1) is 13.8 Å². The Morgan fingerprint density at radius 3 is 2.46 bits per heavy atom. The fraction of sp³-hybridized carbons (Fsp3) is 0.381. The Bertz CT molecular complexity index is 709. The molecule has 2 nitrogen and oxygen atoms in total. The monoisotopic (exact) mass is 341 g/mol. The number of thioether (sulfide) groups is 1. The molecule has 2 aromatic carbocycles. The zero-order chi connectivity index (χ0) is 17.7. The van der Waals surface area contributed by atoms with Crippen LogP contribution in [-0.2, 0) is 0 Å². The van der Waals surface area contributed by atoms with Crippen molar-refractivity contribution in [1.29, 1.82) is 0 Å². The van der Waals surface area contributed by atoms with Gasteiger partial charge in [0.1, 0.15) is 0 Å². The van der Waals surface area contributed by atoms with E-state index >= 15 is 0 Å². The molecule has 2 rings (SSSR count). The van der Waals surface area contributed by atoms with E-state index in [0.29, 0.717) is 5.25 Å². The Balaban J connectivity index is 2.24. The molecular formula is C21H27NOS. The first kappa shape index (κ1) is 18.6. The van der Waals surface area contributed by atoms with Gasteiger partial charge in [-0.1, -0.05) is 56.7 Å². The summed E-state index contributed by atoms with van der Waals surface area (Å²) in [6, 6.07) is 14.3. The summed E-state index contributed by atoms with van der Waals surface area (Å²) < 4.78 is 0. The standard InChI is InChI=1S/C21H27NOS/c1-6-19(17-12-11-15(4)13-16(17)5)22-21(23)18-9-7-8-10-20(18)24-14(2)3/h7-14,19H,6H2,1-5H3,(H,22,23). The van der Waals surface area contributed by atoms with Crippen LogP contribution in [0.3, 0.4) is 0 Å². The van der Waals surface area contributed by atoms with Crippen molar-refractivity contribution in [2.75, 3.05) is 0 Å². The number of aryl methyl sites for hydroxylation is 2. The first-order chi connectivity index (χ1) is 11.4. The second-order valence-electron chi connectivity index (χ2n) is 6.46. The minimum Gasteiger partial charge on any atom is -0.345 e. The Labute approximate surface area is 150 Å². The minimum atomic E-state index is 0.00516. The van der Waals surface area contributed by atoms with E-state index in [-0.39, 0.29) is 11.9 Å². The van der Waals surface area contributed by atoms with Gasteiger partial charge in [0.2, 0.25) is 0 Å². The smallest absolute Gasteiger partial charge is 0.252 e. The number of hydrogen-bond donors (Lipinski definition) is 1. The van der Waals surface area contributed by atoms with Gasteiger partial charge in [-0.3, -0.25) is 4.79 Å². The predicted octanol–water partition coefficient (Wildman–Crippen LogP) is 5.69. The summed E-state index contributed by atoms with van der Waals surface area (Å²) in [7, 11) is 0. The number of hydrogen-bond acceptors (Lipinski definition) is 2. The highest BCUT2D eigenvalue weighted by molar-refractivity contribution is 8.00. The lowest BCUT2D eigenvalue weighted by Gasteiger charge is -2.21. The van der Waals surface area contributed by atoms with E-state index in [1.54, 1.807) is 11.8 Å². The summed E-state index contributed by atoms with van der Waals surface area (Å²) in [6.07, 6.45) is 0.870. The second kappa shape index (κ2) is 8.39. The number of carbonyl (C=O) groups is 1. The molecule has 0 heterocycles. The van der Waals surface area contributed by atoms with Gasteiger partial charge in [0.25, 0.3) is 5.91 Å². The quantitative estimate of drug-likeness (QED) is 0.684. The zero-order valence-corrected chi connectivity index (χ0v) is 16.0. The number of amides is 1. The van der Waals surface area contributed by atoms with E-state index in [1.165, 1.54) is 16.7 Å². The SMILES string of the molecule is CCC(NC(=O)c1ccccc1SC(C)C)c1ccc(C)cc1C. The second-order valence-corrected chi connectivity index (χ2v) is 8.08. The van der Waals surface area contributed by atoms with Crippen LogP contribution in [0.1, 0.15) is 60.3 Å². The molecule has 128 valence electrons. The van der Waals surface area contributed by atoms with Crippen LogP contribution in [-0.4, -0.2) is 11.2 Å². The van der Waals surface area contributed by atoms with E-state index in [2.05, 4.69) is 58.1 Å². The molecule has 0 bridgehead atoms. The molecule has 0 saturated carbocycles. The molecule has 0 fully saturated rings. The van der Waals surface area contributed by atoms with Crippen LogP contribution in [0.15, 0.2) is 47.4 Å². The van der Waals surface area contributed by atoms with E-state index in [1.807, 2.05) is 24.3 Å². The van der Waals surface area contributed by atoms with Crippen molar-refractivity contribution in [3.8, 4) is 0 Å². The summed E-state index contributed by atoms with van der Waals surface area (Å²) in [4.78, 5) is 13.9. The highest BCUT2D eigenvalue weighted by atomic mass is 32.2. The number of carbonyl (C=O) groups excluding carboxylic acids is 1. The highest BCUT2D eigenvalue weighted by Gasteiger charge is 2.18. The van der Waals surface area contributed by atoms with Crippen LogP contribution in [0.5, 0.6) is 0 Å². The lowest BCUT2D eigenvalue weighted by atomic mass is 9.97. The largest absolute Gasteiger partial charge is 0.345 e. The Morgan fingerprint density at radius 1 is 1.12 bits per heavy atom. The van der Waals surface area contributed by atoms with Gasteiger partial charge in [-0.25, -0.2) is 0 Å². The van der Waals surface area contributed by atoms with Crippen molar-refractivity contribution in [2.45, 2.75) is 57.2 Å². The molecule has 1 unspecified atom stereocenters. The molecule has 0 aromatic heterocycles. The average molecular weight is 342 g/mol.